The molecule has 14 nitrogen and oxygen atoms in total. The van der Waals surface area contributed by atoms with Gasteiger partial charge in [0.2, 0.25) is 11.8 Å². The van der Waals surface area contributed by atoms with Crippen molar-refractivity contribution < 1.29 is 27.8 Å². The van der Waals surface area contributed by atoms with Crippen LogP contribution in [0.4, 0.5) is 20.3 Å². The number of likely N-dealkylation sites (tertiary alicyclic amines) is 1. The number of piperidine rings is 2. The summed E-state index contributed by atoms with van der Waals surface area (Å²) in [5.74, 6) is -1.48. The number of pyridine rings is 2. The second-order valence-electron chi connectivity index (χ2n) is 16.9. The first kappa shape index (κ1) is 38.7. The number of anilines is 2. The third kappa shape index (κ3) is 6.25. The van der Waals surface area contributed by atoms with Crippen LogP contribution < -0.4 is 35.8 Å². The number of rotatable bonds is 8. The Morgan fingerprint density at radius 2 is 1.64 bits per heavy atom. The van der Waals surface area contributed by atoms with Crippen LogP contribution in [-0.4, -0.2) is 94.8 Å². The maximum absolute atomic E-state index is 16.4. The molecule has 0 radical (unpaired) electrons. The maximum Gasteiger partial charge on any atom is 0.329 e. The SMILES string of the molecule is COc1cc(-c2cn(C)c(=O)c3cnc(N4CC(C)C4)cc23)cc(OC)c1CN1CC(F)(F)C2(CCN(c3cccc4c3n(C)c(=O)n4C3CCC(=O)NC3=O)CC2)C1. The van der Waals surface area contributed by atoms with Crippen LogP contribution in [0.2, 0.25) is 0 Å². The van der Waals surface area contributed by atoms with Crippen molar-refractivity contribution >= 4 is 45.1 Å². The van der Waals surface area contributed by atoms with Crippen molar-refractivity contribution in [2.75, 3.05) is 63.3 Å². The number of methoxy groups -OCH3 is 2. The van der Waals surface area contributed by atoms with Crippen molar-refractivity contribution in [1.29, 1.82) is 0 Å². The molecular formula is C43H48F2N8O6. The van der Waals surface area contributed by atoms with Gasteiger partial charge in [0.05, 0.1) is 53.8 Å². The molecule has 3 aromatic heterocycles. The molecule has 16 heteroatoms. The maximum atomic E-state index is 16.4. The van der Waals surface area contributed by atoms with Gasteiger partial charge in [0.25, 0.3) is 11.5 Å². The lowest BCUT2D eigenvalue weighted by Gasteiger charge is -2.43. The molecule has 1 spiro atoms. The van der Waals surface area contributed by atoms with Crippen LogP contribution >= 0.6 is 0 Å². The van der Waals surface area contributed by atoms with E-state index >= 15 is 8.78 Å². The molecule has 4 aliphatic heterocycles. The molecule has 1 N–H and O–H groups in total. The molecule has 2 amide bonds. The fourth-order valence-electron chi connectivity index (χ4n) is 9.92. The van der Waals surface area contributed by atoms with Gasteiger partial charge in [-0.1, -0.05) is 13.0 Å². The molecule has 310 valence electrons. The number of aryl methyl sites for hydroxylation is 2. The molecule has 1 unspecified atom stereocenters. The fourth-order valence-corrected chi connectivity index (χ4v) is 9.92. The zero-order chi connectivity index (χ0) is 41.5. The quantitative estimate of drug-likeness (QED) is 0.224. The van der Waals surface area contributed by atoms with Gasteiger partial charge in [0.15, 0.2) is 0 Å². The largest absolute Gasteiger partial charge is 0.496 e. The van der Waals surface area contributed by atoms with Gasteiger partial charge in [-0.25, -0.2) is 18.6 Å². The molecule has 4 aliphatic rings. The van der Waals surface area contributed by atoms with Crippen LogP contribution in [0.3, 0.4) is 0 Å². The molecule has 0 aliphatic carbocycles. The van der Waals surface area contributed by atoms with Crippen molar-refractivity contribution in [3.63, 3.8) is 0 Å². The van der Waals surface area contributed by atoms with Crippen LogP contribution in [-0.2, 0) is 30.2 Å². The van der Waals surface area contributed by atoms with E-state index in [0.717, 1.165) is 41.1 Å². The number of carbonyl (C=O) groups excluding carboxylic acids is 2. The number of imide groups is 1. The molecule has 2 aromatic carbocycles. The van der Waals surface area contributed by atoms with Crippen LogP contribution in [0.25, 0.3) is 32.9 Å². The molecule has 7 heterocycles. The molecule has 5 aromatic rings. The van der Waals surface area contributed by atoms with Gasteiger partial charge in [-0.15, -0.1) is 0 Å². The minimum absolute atomic E-state index is 0.134. The Balaban J connectivity index is 0.973. The van der Waals surface area contributed by atoms with E-state index in [2.05, 4.69) is 27.0 Å². The molecule has 4 fully saturated rings. The lowest BCUT2D eigenvalue weighted by molar-refractivity contribution is -0.135. The van der Waals surface area contributed by atoms with Crippen LogP contribution in [0.1, 0.15) is 44.2 Å². The summed E-state index contributed by atoms with van der Waals surface area (Å²) in [6.07, 6.45) is 4.25. The number of nitrogens with zero attached hydrogens (tertiary/aromatic N) is 7. The zero-order valence-electron chi connectivity index (χ0n) is 33.9. The van der Waals surface area contributed by atoms with Gasteiger partial charge in [-0.3, -0.25) is 33.7 Å². The third-order valence-electron chi connectivity index (χ3n) is 13.1. The Morgan fingerprint density at radius 1 is 0.932 bits per heavy atom. The number of hydrogen-bond donors (Lipinski definition) is 1. The number of fused-ring (bicyclic) bond motifs is 2. The Hall–Kier alpha value is -5.77. The zero-order valence-corrected chi connectivity index (χ0v) is 33.9. The van der Waals surface area contributed by atoms with Crippen LogP contribution in [0.5, 0.6) is 11.5 Å². The summed E-state index contributed by atoms with van der Waals surface area (Å²) in [6, 6.07) is 10.4. The average molecular weight is 811 g/mol. The average Bonchev–Trinajstić information content (AvgIpc) is 3.60. The molecule has 9 rings (SSSR count). The van der Waals surface area contributed by atoms with Crippen LogP contribution in [0, 0.1) is 11.3 Å². The molecule has 59 heavy (non-hydrogen) atoms. The number of amides is 2. The highest BCUT2D eigenvalue weighted by atomic mass is 19.3. The van der Waals surface area contributed by atoms with Gasteiger partial charge >= 0.3 is 5.69 Å². The van der Waals surface area contributed by atoms with Gasteiger partial charge in [-0.2, -0.15) is 0 Å². The summed E-state index contributed by atoms with van der Waals surface area (Å²) >= 11 is 0. The van der Waals surface area contributed by atoms with E-state index in [4.69, 9.17) is 9.47 Å². The number of nitrogens with one attached hydrogen (secondary N) is 1. The van der Waals surface area contributed by atoms with E-state index in [0.29, 0.717) is 52.5 Å². The lowest BCUT2D eigenvalue weighted by atomic mass is 9.75. The highest BCUT2D eigenvalue weighted by Crippen LogP contribution is 2.52. The summed E-state index contributed by atoms with van der Waals surface area (Å²) in [4.78, 5) is 62.0. The van der Waals surface area contributed by atoms with E-state index in [-0.39, 0.29) is 55.9 Å². The lowest BCUT2D eigenvalue weighted by Crippen LogP contribution is -2.49. The number of imidazole rings is 1. The van der Waals surface area contributed by atoms with E-state index in [9.17, 15) is 19.2 Å². The van der Waals surface area contributed by atoms with E-state index in [1.54, 1.807) is 51.7 Å². The molecule has 0 saturated carbocycles. The Morgan fingerprint density at radius 3 is 2.31 bits per heavy atom. The second-order valence-corrected chi connectivity index (χ2v) is 16.9. The number of alkyl halides is 2. The number of halogens is 2. The Labute approximate surface area is 338 Å². The van der Waals surface area contributed by atoms with E-state index in [1.807, 2.05) is 30.3 Å². The normalized spacial score (nSPS) is 20.8. The topological polar surface area (TPSA) is 136 Å². The standard InChI is InChI=1S/C43H48F2N8O6/c1-25-19-52(20-25)36-17-27-28(18-46-36)40(56)48(2)21-29(27)26-15-34(58-4)30(35(16-26)59-5)22-50-23-42(43(44,45)24-50)11-13-51(14-12-42)31-7-6-8-32-38(31)49(3)41(57)53(32)33-9-10-37(54)47-39(33)55/h6-8,15-18,21,25,33H,9-14,19-20,22-24H2,1-5H3,(H,47,54,55). The van der Waals surface area contributed by atoms with Gasteiger partial charge in [0, 0.05) is 83.1 Å². The predicted molar refractivity (Wildman–Crippen MR) is 220 cm³/mol. The fraction of sp³-hybridized carbons (Fsp3) is 0.465. The second kappa shape index (κ2) is 14.2. The molecule has 4 saturated heterocycles. The van der Waals surface area contributed by atoms with Gasteiger partial charge < -0.3 is 23.8 Å². The minimum atomic E-state index is -2.97. The third-order valence-corrected chi connectivity index (χ3v) is 13.1. The van der Waals surface area contributed by atoms with Crippen molar-refractivity contribution in [2.45, 2.75) is 51.1 Å². The number of benzene rings is 2. The smallest absolute Gasteiger partial charge is 0.329 e. The Kier molecular flexibility index (Phi) is 9.33. The monoisotopic (exact) mass is 810 g/mol. The van der Waals surface area contributed by atoms with Gasteiger partial charge in [0.1, 0.15) is 23.4 Å². The van der Waals surface area contributed by atoms with Crippen molar-refractivity contribution in [2.24, 2.45) is 25.4 Å². The van der Waals surface area contributed by atoms with Crippen molar-refractivity contribution in [3.8, 4) is 22.6 Å². The molecule has 1 atom stereocenters. The predicted octanol–water partition coefficient (Wildman–Crippen LogP) is 4.44. The number of hydrogen-bond acceptors (Lipinski definition) is 10. The first-order valence-electron chi connectivity index (χ1n) is 20.1. The van der Waals surface area contributed by atoms with E-state index in [1.165, 1.54) is 13.7 Å². The van der Waals surface area contributed by atoms with Gasteiger partial charge in [-0.05, 0) is 61.1 Å². The summed E-state index contributed by atoms with van der Waals surface area (Å²) in [6.45, 7) is 4.61. The van der Waals surface area contributed by atoms with Crippen molar-refractivity contribution in [3.05, 3.63) is 75.2 Å². The number of ether oxygens (including phenoxy) is 2. The summed E-state index contributed by atoms with van der Waals surface area (Å²) in [5, 5.41) is 3.59. The molecular weight excluding hydrogens is 763 g/mol. The van der Waals surface area contributed by atoms with E-state index < -0.39 is 29.8 Å². The minimum Gasteiger partial charge on any atom is -0.496 e. The first-order valence-corrected chi connectivity index (χ1v) is 20.1. The molecule has 0 bridgehead atoms. The van der Waals surface area contributed by atoms with Crippen LogP contribution in [0.15, 0.2) is 58.4 Å². The van der Waals surface area contributed by atoms with Crippen molar-refractivity contribution in [1.82, 2.24) is 28.9 Å². The first-order chi connectivity index (χ1) is 28.2. The summed E-state index contributed by atoms with van der Waals surface area (Å²) < 4.78 is 49.0. The number of carbonyl (C=O) groups is 2. The summed E-state index contributed by atoms with van der Waals surface area (Å²) in [5.41, 5.74) is 2.33. The number of para-hydroxylation sites is 1. The number of aromatic nitrogens is 4. The highest BCUT2D eigenvalue weighted by Gasteiger charge is 2.60. The highest BCUT2D eigenvalue weighted by molar-refractivity contribution is 6.01. The Bertz CT molecular complexity index is 2630. The summed E-state index contributed by atoms with van der Waals surface area (Å²) in [7, 11) is 6.46.